The molecule has 64 valence electrons. The van der Waals surface area contributed by atoms with Crippen LogP contribution in [0.3, 0.4) is 0 Å². The first-order chi connectivity index (χ1) is 5.25. The van der Waals surface area contributed by atoms with E-state index in [4.69, 9.17) is 0 Å². The maximum atomic E-state index is 3.65. The summed E-state index contributed by atoms with van der Waals surface area (Å²) < 4.78 is 0. The number of rotatable bonds is 0. The van der Waals surface area contributed by atoms with Crippen molar-refractivity contribution in [1.82, 2.24) is 10.2 Å². The van der Waals surface area contributed by atoms with Crippen LogP contribution in [0.5, 0.6) is 0 Å². The zero-order valence-electron chi connectivity index (χ0n) is 7.51. The molecule has 2 nitrogen and oxygen atoms in total. The molecule has 2 aliphatic rings. The summed E-state index contributed by atoms with van der Waals surface area (Å²) in [4.78, 5) is 2.46. The second-order valence-electron chi connectivity index (χ2n) is 4.22. The van der Waals surface area contributed by atoms with Gasteiger partial charge < -0.3 is 10.2 Å². The number of hydrogen-bond acceptors (Lipinski definition) is 2. The first-order valence-electron chi connectivity index (χ1n) is 4.70. The molecule has 0 spiro atoms. The van der Waals surface area contributed by atoms with Gasteiger partial charge in [-0.3, -0.25) is 0 Å². The van der Waals surface area contributed by atoms with Crippen molar-refractivity contribution >= 4 is 0 Å². The monoisotopic (exact) mass is 154 g/mol. The topological polar surface area (TPSA) is 15.3 Å². The summed E-state index contributed by atoms with van der Waals surface area (Å²) in [5.41, 5.74) is 0. The van der Waals surface area contributed by atoms with Gasteiger partial charge in [0.15, 0.2) is 0 Å². The molecule has 0 aromatic heterocycles. The highest BCUT2D eigenvalue weighted by Crippen LogP contribution is 2.26. The lowest BCUT2D eigenvalue weighted by atomic mass is 9.93. The van der Waals surface area contributed by atoms with Gasteiger partial charge in [-0.1, -0.05) is 0 Å². The van der Waals surface area contributed by atoms with Crippen LogP contribution >= 0.6 is 0 Å². The van der Waals surface area contributed by atoms with Crippen molar-refractivity contribution in [2.24, 2.45) is 5.92 Å². The van der Waals surface area contributed by atoms with Crippen molar-refractivity contribution in [2.75, 3.05) is 20.1 Å². The molecule has 0 aliphatic carbocycles. The molecule has 2 heteroatoms. The SMILES string of the molecule is CC1CC2CN(C)CCC2N1. The summed E-state index contributed by atoms with van der Waals surface area (Å²) in [5, 5.41) is 3.65. The molecule has 0 aromatic rings. The Bertz CT molecular complexity index is 146. The van der Waals surface area contributed by atoms with Gasteiger partial charge in [0.25, 0.3) is 0 Å². The molecule has 0 aromatic carbocycles. The van der Waals surface area contributed by atoms with Crippen LogP contribution in [0.1, 0.15) is 19.8 Å². The van der Waals surface area contributed by atoms with Crippen LogP contribution < -0.4 is 5.32 Å². The molecule has 2 rings (SSSR count). The summed E-state index contributed by atoms with van der Waals surface area (Å²) in [6.45, 7) is 4.89. The molecule has 0 radical (unpaired) electrons. The van der Waals surface area contributed by atoms with Gasteiger partial charge in [-0.15, -0.1) is 0 Å². The number of hydrogen-bond donors (Lipinski definition) is 1. The lowest BCUT2D eigenvalue weighted by Gasteiger charge is -2.31. The van der Waals surface area contributed by atoms with Gasteiger partial charge in [0.1, 0.15) is 0 Å². The third-order valence-corrected chi connectivity index (χ3v) is 3.09. The van der Waals surface area contributed by atoms with Crippen LogP contribution in [0.15, 0.2) is 0 Å². The Kier molecular flexibility index (Phi) is 1.90. The van der Waals surface area contributed by atoms with E-state index in [2.05, 4.69) is 24.2 Å². The largest absolute Gasteiger partial charge is 0.311 e. The van der Waals surface area contributed by atoms with E-state index >= 15 is 0 Å². The molecular formula is C9H18N2. The van der Waals surface area contributed by atoms with E-state index in [-0.39, 0.29) is 0 Å². The van der Waals surface area contributed by atoms with Gasteiger partial charge in [-0.05, 0) is 39.3 Å². The quantitative estimate of drug-likeness (QED) is 0.552. The fourth-order valence-corrected chi connectivity index (χ4v) is 2.56. The van der Waals surface area contributed by atoms with Crippen molar-refractivity contribution in [3.63, 3.8) is 0 Å². The summed E-state index contributed by atoms with van der Waals surface area (Å²) in [7, 11) is 2.24. The molecule has 2 fully saturated rings. The molecule has 2 saturated heterocycles. The summed E-state index contributed by atoms with van der Waals surface area (Å²) in [6, 6.07) is 1.60. The van der Waals surface area contributed by atoms with Gasteiger partial charge in [-0.25, -0.2) is 0 Å². The Labute approximate surface area is 69.0 Å². The average Bonchev–Trinajstić information content (AvgIpc) is 2.27. The minimum Gasteiger partial charge on any atom is -0.311 e. The maximum Gasteiger partial charge on any atom is 0.0123 e. The number of piperidine rings is 1. The number of fused-ring (bicyclic) bond motifs is 1. The van der Waals surface area contributed by atoms with Crippen LogP contribution in [0.2, 0.25) is 0 Å². The molecule has 0 saturated carbocycles. The predicted molar refractivity (Wildman–Crippen MR) is 46.6 cm³/mol. The number of likely N-dealkylation sites (tertiary alicyclic amines) is 1. The molecule has 3 unspecified atom stereocenters. The van der Waals surface area contributed by atoms with E-state index < -0.39 is 0 Å². The second-order valence-corrected chi connectivity index (χ2v) is 4.22. The highest BCUT2D eigenvalue weighted by Gasteiger charge is 2.34. The Hall–Kier alpha value is -0.0800. The van der Waals surface area contributed by atoms with E-state index in [9.17, 15) is 0 Å². The second kappa shape index (κ2) is 2.76. The van der Waals surface area contributed by atoms with Crippen molar-refractivity contribution in [3.8, 4) is 0 Å². The molecular weight excluding hydrogens is 136 g/mol. The summed E-state index contributed by atoms with van der Waals surface area (Å²) in [5.74, 6) is 0.934. The van der Waals surface area contributed by atoms with Gasteiger partial charge >= 0.3 is 0 Å². The highest BCUT2D eigenvalue weighted by molar-refractivity contribution is 4.92. The van der Waals surface area contributed by atoms with Crippen molar-refractivity contribution in [1.29, 1.82) is 0 Å². The highest BCUT2D eigenvalue weighted by atomic mass is 15.1. The fraction of sp³-hybridized carbons (Fsp3) is 1.00. The Morgan fingerprint density at radius 3 is 3.09 bits per heavy atom. The normalized spacial score (nSPS) is 45.8. The lowest BCUT2D eigenvalue weighted by molar-refractivity contribution is 0.195. The van der Waals surface area contributed by atoms with Crippen molar-refractivity contribution in [2.45, 2.75) is 31.8 Å². The molecule has 1 N–H and O–H groups in total. The minimum atomic E-state index is 0.761. The number of nitrogens with zero attached hydrogens (tertiary/aromatic N) is 1. The van der Waals surface area contributed by atoms with Crippen molar-refractivity contribution in [3.05, 3.63) is 0 Å². The van der Waals surface area contributed by atoms with Gasteiger partial charge in [-0.2, -0.15) is 0 Å². The van der Waals surface area contributed by atoms with Gasteiger partial charge in [0.2, 0.25) is 0 Å². The number of nitrogens with one attached hydrogen (secondary N) is 1. The first kappa shape index (κ1) is 7.56. The zero-order chi connectivity index (χ0) is 7.84. The van der Waals surface area contributed by atoms with E-state index in [1.165, 1.54) is 25.9 Å². The van der Waals surface area contributed by atoms with E-state index in [1.54, 1.807) is 0 Å². The van der Waals surface area contributed by atoms with Crippen LogP contribution in [0, 0.1) is 5.92 Å². The van der Waals surface area contributed by atoms with Crippen molar-refractivity contribution < 1.29 is 0 Å². The smallest absolute Gasteiger partial charge is 0.0123 e. The van der Waals surface area contributed by atoms with E-state index in [0.29, 0.717) is 0 Å². The Balaban J connectivity index is 1.97. The molecule has 2 aliphatic heterocycles. The third-order valence-electron chi connectivity index (χ3n) is 3.09. The molecule has 3 atom stereocenters. The van der Waals surface area contributed by atoms with E-state index in [0.717, 1.165) is 18.0 Å². The molecule has 11 heavy (non-hydrogen) atoms. The predicted octanol–water partition coefficient (Wildman–Crippen LogP) is 0.688. The molecule has 0 bridgehead atoms. The Morgan fingerprint density at radius 1 is 1.45 bits per heavy atom. The summed E-state index contributed by atoms with van der Waals surface area (Å²) >= 11 is 0. The fourth-order valence-electron chi connectivity index (χ4n) is 2.56. The minimum absolute atomic E-state index is 0.761. The standard InChI is InChI=1S/C9H18N2/c1-7-5-8-6-11(2)4-3-9(8)10-7/h7-10H,3-6H2,1-2H3. The van der Waals surface area contributed by atoms with Gasteiger partial charge in [0, 0.05) is 18.6 Å². The van der Waals surface area contributed by atoms with Crippen LogP contribution in [0.25, 0.3) is 0 Å². The van der Waals surface area contributed by atoms with Crippen LogP contribution in [-0.4, -0.2) is 37.1 Å². The first-order valence-corrected chi connectivity index (χ1v) is 4.70. The Morgan fingerprint density at radius 2 is 2.27 bits per heavy atom. The molecule has 0 amide bonds. The maximum absolute atomic E-state index is 3.65. The summed E-state index contributed by atoms with van der Waals surface area (Å²) in [6.07, 6.45) is 2.74. The van der Waals surface area contributed by atoms with Crippen LogP contribution in [0.4, 0.5) is 0 Å². The van der Waals surface area contributed by atoms with Gasteiger partial charge in [0.05, 0.1) is 0 Å². The molecule has 2 heterocycles. The average molecular weight is 154 g/mol. The lowest BCUT2D eigenvalue weighted by Crippen LogP contribution is -2.42. The zero-order valence-corrected chi connectivity index (χ0v) is 7.51. The third kappa shape index (κ3) is 1.42. The van der Waals surface area contributed by atoms with E-state index in [1.807, 2.05) is 0 Å². The van der Waals surface area contributed by atoms with Crippen LogP contribution in [-0.2, 0) is 0 Å².